The summed E-state index contributed by atoms with van der Waals surface area (Å²) in [6, 6.07) is 2.19. The van der Waals surface area contributed by atoms with Gasteiger partial charge in [-0.2, -0.15) is 0 Å². The molecule has 0 saturated carbocycles. The third-order valence-corrected chi connectivity index (χ3v) is 2.18. The Morgan fingerprint density at radius 3 is 2.53 bits per heavy atom. The molecule has 1 aromatic heterocycles. The van der Waals surface area contributed by atoms with Crippen LogP contribution in [0.5, 0.6) is 0 Å². The standard InChI is InChI=1S/C11H10F2N4/c1-6-2-8(13)9(3-7(6)12)17-11-5-15-10(14)4-16-11/h2-5H,1H3,(H2,14,15)(H,16,17). The van der Waals surface area contributed by atoms with Gasteiger partial charge in [0.25, 0.3) is 0 Å². The molecule has 0 unspecified atom stereocenters. The minimum atomic E-state index is -0.553. The van der Waals surface area contributed by atoms with Gasteiger partial charge in [0.05, 0.1) is 18.1 Å². The van der Waals surface area contributed by atoms with Crippen molar-refractivity contribution < 1.29 is 8.78 Å². The van der Waals surface area contributed by atoms with Crippen LogP contribution in [0.25, 0.3) is 0 Å². The van der Waals surface area contributed by atoms with Crippen molar-refractivity contribution in [2.24, 2.45) is 0 Å². The number of hydrogen-bond donors (Lipinski definition) is 2. The molecule has 17 heavy (non-hydrogen) atoms. The molecule has 0 aliphatic carbocycles. The zero-order chi connectivity index (χ0) is 12.4. The van der Waals surface area contributed by atoms with E-state index in [0.29, 0.717) is 5.82 Å². The van der Waals surface area contributed by atoms with Gasteiger partial charge in [-0.3, -0.25) is 0 Å². The SMILES string of the molecule is Cc1cc(F)c(Nc2cnc(N)cn2)cc1F. The fourth-order valence-corrected chi connectivity index (χ4v) is 1.28. The fourth-order valence-electron chi connectivity index (χ4n) is 1.28. The number of nitrogens with zero attached hydrogens (tertiary/aromatic N) is 2. The quantitative estimate of drug-likeness (QED) is 0.840. The number of halogens is 2. The highest BCUT2D eigenvalue weighted by Gasteiger charge is 2.08. The molecule has 0 aliphatic rings. The maximum atomic E-state index is 13.5. The molecule has 0 amide bonds. The first-order valence-electron chi connectivity index (χ1n) is 4.86. The highest BCUT2D eigenvalue weighted by Crippen LogP contribution is 2.21. The Kier molecular flexibility index (Phi) is 2.86. The summed E-state index contributed by atoms with van der Waals surface area (Å²) in [6.07, 6.45) is 2.66. The third kappa shape index (κ3) is 2.47. The highest BCUT2D eigenvalue weighted by atomic mass is 19.1. The van der Waals surface area contributed by atoms with E-state index in [1.807, 2.05) is 0 Å². The van der Waals surface area contributed by atoms with Gasteiger partial charge in [-0.15, -0.1) is 0 Å². The molecular formula is C11H10F2N4. The van der Waals surface area contributed by atoms with E-state index in [0.717, 1.165) is 12.1 Å². The molecule has 0 saturated heterocycles. The van der Waals surface area contributed by atoms with Crippen molar-refractivity contribution >= 4 is 17.3 Å². The summed E-state index contributed by atoms with van der Waals surface area (Å²) in [4.78, 5) is 7.66. The van der Waals surface area contributed by atoms with Crippen molar-refractivity contribution in [3.05, 3.63) is 41.7 Å². The first-order valence-corrected chi connectivity index (χ1v) is 4.86. The Morgan fingerprint density at radius 1 is 1.12 bits per heavy atom. The van der Waals surface area contributed by atoms with Crippen LogP contribution in [-0.2, 0) is 0 Å². The minimum absolute atomic E-state index is 0.00664. The van der Waals surface area contributed by atoms with Crippen molar-refractivity contribution in [2.45, 2.75) is 6.92 Å². The van der Waals surface area contributed by atoms with Crippen LogP contribution in [0.1, 0.15) is 5.56 Å². The highest BCUT2D eigenvalue weighted by molar-refractivity contribution is 5.57. The van der Waals surface area contributed by atoms with Crippen LogP contribution in [-0.4, -0.2) is 9.97 Å². The molecule has 0 aliphatic heterocycles. The molecule has 0 atom stereocenters. The number of anilines is 3. The molecule has 2 rings (SSSR count). The van der Waals surface area contributed by atoms with Gasteiger partial charge >= 0.3 is 0 Å². The smallest absolute Gasteiger partial charge is 0.149 e. The first kappa shape index (κ1) is 11.3. The van der Waals surface area contributed by atoms with Crippen LogP contribution in [0.3, 0.4) is 0 Å². The normalized spacial score (nSPS) is 10.3. The molecule has 6 heteroatoms. The molecule has 1 aromatic carbocycles. The Morgan fingerprint density at radius 2 is 1.88 bits per heavy atom. The lowest BCUT2D eigenvalue weighted by atomic mass is 10.2. The second-order valence-corrected chi connectivity index (χ2v) is 3.53. The summed E-state index contributed by atoms with van der Waals surface area (Å²) in [5.41, 5.74) is 5.61. The summed E-state index contributed by atoms with van der Waals surface area (Å²) in [7, 11) is 0. The van der Waals surface area contributed by atoms with Gasteiger partial charge in [-0.05, 0) is 18.6 Å². The van der Waals surface area contributed by atoms with Crippen LogP contribution >= 0.6 is 0 Å². The molecule has 3 N–H and O–H groups in total. The van der Waals surface area contributed by atoms with Crippen molar-refractivity contribution in [1.82, 2.24) is 9.97 Å². The van der Waals surface area contributed by atoms with E-state index in [-0.39, 0.29) is 17.1 Å². The Hall–Kier alpha value is -2.24. The van der Waals surface area contributed by atoms with Gasteiger partial charge in [0, 0.05) is 6.07 Å². The van der Waals surface area contributed by atoms with Gasteiger partial charge in [0.1, 0.15) is 23.3 Å². The molecule has 2 aromatic rings. The monoisotopic (exact) mass is 236 g/mol. The molecular weight excluding hydrogens is 226 g/mol. The second-order valence-electron chi connectivity index (χ2n) is 3.53. The van der Waals surface area contributed by atoms with Crippen molar-refractivity contribution in [3.63, 3.8) is 0 Å². The van der Waals surface area contributed by atoms with Gasteiger partial charge < -0.3 is 11.1 Å². The van der Waals surface area contributed by atoms with E-state index < -0.39 is 11.6 Å². The molecule has 0 bridgehead atoms. The number of aromatic nitrogens is 2. The molecule has 0 radical (unpaired) electrons. The zero-order valence-corrected chi connectivity index (χ0v) is 9.04. The van der Waals surface area contributed by atoms with Gasteiger partial charge in [0.2, 0.25) is 0 Å². The summed E-state index contributed by atoms with van der Waals surface area (Å²) in [6.45, 7) is 1.49. The number of hydrogen-bond acceptors (Lipinski definition) is 4. The van der Waals surface area contributed by atoms with Crippen LogP contribution < -0.4 is 11.1 Å². The van der Waals surface area contributed by atoms with E-state index in [4.69, 9.17) is 5.73 Å². The van der Waals surface area contributed by atoms with Crippen molar-refractivity contribution in [2.75, 3.05) is 11.1 Å². The fraction of sp³-hybridized carbons (Fsp3) is 0.0909. The Bertz CT molecular complexity index is 540. The van der Waals surface area contributed by atoms with Gasteiger partial charge in [0.15, 0.2) is 0 Å². The average Bonchev–Trinajstić information content (AvgIpc) is 2.29. The van der Waals surface area contributed by atoms with Gasteiger partial charge in [-0.1, -0.05) is 0 Å². The maximum absolute atomic E-state index is 13.5. The predicted octanol–water partition coefficient (Wildman–Crippen LogP) is 2.39. The Balaban J connectivity index is 2.30. The van der Waals surface area contributed by atoms with Crippen molar-refractivity contribution in [3.8, 4) is 0 Å². The number of nitrogens with one attached hydrogen (secondary N) is 1. The van der Waals surface area contributed by atoms with E-state index >= 15 is 0 Å². The van der Waals surface area contributed by atoms with Crippen LogP contribution in [0, 0.1) is 18.6 Å². The summed E-state index contributed by atoms with van der Waals surface area (Å²) in [5, 5.41) is 2.62. The lowest BCUT2D eigenvalue weighted by Gasteiger charge is -2.07. The topological polar surface area (TPSA) is 63.8 Å². The molecule has 88 valence electrons. The molecule has 0 fully saturated rings. The number of aryl methyl sites for hydroxylation is 1. The molecule has 1 heterocycles. The maximum Gasteiger partial charge on any atom is 0.149 e. The molecule has 4 nitrogen and oxygen atoms in total. The summed E-state index contributed by atoms with van der Waals surface area (Å²) >= 11 is 0. The lowest BCUT2D eigenvalue weighted by molar-refractivity contribution is 0.595. The second kappa shape index (κ2) is 4.32. The predicted molar refractivity (Wildman–Crippen MR) is 60.8 cm³/mol. The number of nitrogens with two attached hydrogens (primary N) is 1. The van der Waals surface area contributed by atoms with E-state index in [1.165, 1.54) is 19.3 Å². The van der Waals surface area contributed by atoms with Crippen molar-refractivity contribution in [1.29, 1.82) is 0 Å². The number of benzene rings is 1. The van der Waals surface area contributed by atoms with E-state index in [9.17, 15) is 8.78 Å². The summed E-state index contributed by atoms with van der Waals surface area (Å²) < 4.78 is 26.8. The Labute approximate surface area is 96.5 Å². The lowest BCUT2D eigenvalue weighted by Crippen LogP contribution is -2.00. The van der Waals surface area contributed by atoms with Gasteiger partial charge in [-0.25, -0.2) is 18.7 Å². The van der Waals surface area contributed by atoms with Crippen LogP contribution in [0.15, 0.2) is 24.5 Å². The number of nitrogen functional groups attached to an aromatic ring is 1. The average molecular weight is 236 g/mol. The third-order valence-electron chi connectivity index (χ3n) is 2.18. The van der Waals surface area contributed by atoms with Crippen LogP contribution in [0.2, 0.25) is 0 Å². The van der Waals surface area contributed by atoms with E-state index in [2.05, 4.69) is 15.3 Å². The van der Waals surface area contributed by atoms with Crippen LogP contribution in [0.4, 0.5) is 26.1 Å². The number of rotatable bonds is 2. The molecule has 0 spiro atoms. The zero-order valence-electron chi connectivity index (χ0n) is 9.04. The first-order chi connectivity index (χ1) is 8.06. The minimum Gasteiger partial charge on any atom is -0.382 e. The largest absolute Gasteiger partial charge is 0.382 e. The van der Waals surface area contributed by atoms with E-state index in [1.54, 1.807) is 0 Å². The summed E-state index contributed by atoms with van der Waals surface area (Å²) in [5.74, 6) is -0.493.